The molecule has 1 fully saturated rings. The first-order chi connectivity index (χ1) is 12.9. The second kappa shape index (κ2) is 6.57. The second-order valence-corrected chi connectivity index (χ2v) is 7.28. The average molecular weight is 366 g/mol. The number of anilines is 1. The molecule has 5 rings (SSSR count). The van der Waals surface area contributed by atoms with Crippen LogP contribution >= 0.6 is 11.3 Å². The molecule has 1 aromatic carbocycles. The van der Waals surface area contributed by atoms with Gasteiger partial charge in [-0.05, 0) is 31.0 Å². The van der Waals surface area contributed by atoms with E-state index >= 15 is 0 Å². The van der Waals surface area contributed by atoms with Crippen LogP contribution in [0.25, 0.3) is 10.7 Å². The van der Waals surface area contributed by atoms with Gasteiger partial charge in [-0.25, -0.2) is 0 Å². The Hall–Kier alpha value is -2.67. The van der Waals surface area contributed by atoms with Gasteiger partial charge >= 0.3 is 0 Å². The number of hydrogen-bond acceptors (Lipinski definition) is 7. The minimum Gasteiger partial charge on any atom is -0.486 e. The van der Waals surface area contributed by atoms with Crippen molar-refractivity contribution in [1.82, 2.24) is 15.2 Å². The highest BCUT2D eigenvalue weighted by Gasteiger charge is 2.32. The van der Waals surface area contributed by atoms with Crippen LogP contribution in [-0.4, -0.2) is 34.9 Å². The van der Waals surface area contributed by atoms with Gasteiger partial charge in [-0.15, -0.1) is 10.2 Å². The zero-order valence-corrected chi connectivity index (χ0v) is 15.0. The third kappa shape index (κ3) is 2.68. The third-order valence-corrected chi connectivity index (χ3v) is 5.74. The zero-order chi connectivity index (χ0) is 17.3. The third-order valence-electron chi connectivity index (χ3n) is 4.75. The van der Waals surface area contributed by atoms with E-state index < -0.39 is 0 Å². The molecule has 0 N–H and O–H groups in total. The fraction of sp³-hybridized carbons (Fsp3) is 0.316. The molecule has 0 saturated carbocycles. The van der Waals surface area contributed by atoms with Crippen molar-refractivity contribution in [2.24, 2.45) is 0 Å². The Morgan fingerprint density at radius 1 is 1.04 bits per heavy atom. The van der Waals surface area contributed by atoms with Crippen molar-refractivity contribution >= 4 is 16.5 Å². The van der Waals surface area contributed by atoms with E-state index in [2.05, 4.69) is 26.1 Å². The first-order valence-corrected chi connectivity index (χ1v) is 9.62. The van der Waals surface area contributed by atoms with Gasteiger partial charge in [0.2, 0.25) is 5.13 Å². The molecule has 0 radical (unpaired) electrons. The standard InChI is InChI=1S/C19H18N4O2S/c1-2-9-20-14(6-1)18-21-22-19(26-18)23-10-4-7-15(23)13-5-3-8-16-17(13)25-12-11-24-16/h1-3,5-6,8-9,15H,4,7,10-12H2/t15-/m1/s1. The van der Waals surface area contributed by atoms with Crippen LogP contribution in [0.2, 0.25) is 0 Å². The predicted molar refractivity (Wildman–Crippen MR) is 99.9 cm³/mol. The number of hydrogen-bond donors (Lipinski definition) is 0. The number of ether oxygens (including phenoxy) is 2. The fourth-order valence-electron chi connectivity index (χ4n) is 3.60. The van der Waals surface area contributed by atoms with Crippen LogP contribution in [-0.2, 0) is 0 Å². The number of pyridine rings is 1. The number of para-hydroxylation sites is 1. The minimum atomic E-state index is 0.233. The number of nitrogens with zero attached hydrogens (tertiary/aromatic N) is 4. The molecule has 7 heteroatoms. The van der Waals surface area contributed by atoms with Crippen LogP contribution in [0.4, 0.5) is 5.13 Å². The van der Waals surface area contributed by atoms with E-state index in [-0.39, 0.29) is 6.04 Å². The normalized spacial score (nSPS) is 18.9. The largest absolute Gasteiger partial charge is 0.486 e. The van der Waals surface area contributed by atoms with Gasteiger partial charge in [0.25, 0.3) is 0 Å². The van der Waals surface area contributed by atoms with Crippen molar-refractivity contribution in [2.45, 2.75) is 18.9 Å². The summed E-state index contributed by atoms with van der Waals surface area (Å²) in [4.78, 5) is 6.71. The first-order valence-electron chi connectivity index (χ1n) is 8.80. The van der Waals surface area contributed by atoms with Crippen molar-refractivity contribution in [1.29, 1.82) is 0 Å². The van der Waals surface area contributed by atoms with Crippen molar-refractivity contribution in [2.75, 3.05) is 24.7 Å². The Labute approximate surface area is 155 Å². The van der Waals surface area contributed by atoms with Crippen LogP contribution in [0.3, 0.4) is 0 Å². The van der Waals surface area contributed by atoms with Gasteiger partial charge < -0.3 is 14.4 Å². The molecule has 0 amide bonds. The molecule has 1 saturated heterocycles. The molecule has 132 valence electrons. The number of fused-ring (bicyclic) bond motifs is 1. The van der Waals surface area contributed by atoms with Crippen molar-refractivity contribution in [3.8, 4) is 22.2 Å². The Morgan fingerprint density at radius 3 is 2.92 bits per heavy atom. The van der Waals surface area contributed by atoms with Crippen LogP contribution in [0.5, 0.6) is 11.5 Å². The maximum Gasteiger partial charge on any atom is 0.209 e. The number of rotatable bonds is 3. The molecule has 4 heterocycles. The summed E-state index contributed by atoms with van der Waals surface area (Å²) in [6.07, 6.45) is 3.97. The quantitative estimate of drug-likeness (QED) is 0.704. The summed E-state index contributed by atoms with van der Waals surface area (Å²) in [5.41, 5.74) is 2.04. The molecule has 1 atom stereocenters. The molecular weight excluding hydrogens is 348 g/mol. The summed E-state index contributed by atoms with van der Waals surface area (Å²) in [5, 5.41) is 10.6. The summed E-state index contributed by atoms with van der Waals surface area (Å²) in [6, 6.07) is 12.2. The Kier molecular flexibility index (Phi) is 3.93. The number of benzene rings is 1. The zero-order valence-electron chi connectivity index (χ0n) is 14.2. The lowest BCUT2D eigenvalue weighted by Gasteiger charge is -2.28. The number of aromatic nitrogens is 3. The van der Waals surface area contributed by atoms with E-state index in [9.17, 15) is 0 Å². The van der Waals surface area contributed by atoms with Gasteiger partial charge in [0.1, 0.15) is 18.9 Å². The molecule has 2 aliphatic heterocycles. The van der Waals surface area contributed by atoms with Crippen LogP contribution in [0, 0.1) is 0 Å². The highest BCUT2D eigenvalue weighted by atomic mass is 32.1. The fourth-order valence-corrected chi connectivity index (χ4v) is 4.50. The monoisotopic (exact) mass is 366 g/mol. The van der Waals surface area contributed by atoms with Gasteiger partial charge in [-0.3, -0.25) is 4.98 Å². The second-order valence-electron chi connectivity index (χ2n) is 6.33. The Morgan fingerprint density at radius 2 is 2.00 bits per heavy atom. The minimum absolute atomic E-state index is 0.233. The van der Waals surface area contributed by atoms with Gasteiger partial charge in [0.05, 0.1) is 6.04 Å². The summed E-state index contributed by atoms with van der Waals surface area (Å²) in [5.74, 6) is 1.72. The highest BCUT2D eigenvalue weighted by Crippen LogP contribution is 2.45. The maximum atomic E-state index is 5.93. The Balaban J connectivity index is 1.48. The molecule has 0 spiro atoms. The molecule has 0 bridgehead atoms. The lowest BCUT2D eigenvalue weighted by atomic mass is 10.0. The molecule has 6 nitrogen and oxygen atoms in total. The van der Waals surface area contributed by atoms with E-state index in [0.717, 1.165) is 46.7 Å². The lowest BCUT2D eigenvalue weighted by molar-refractivity contribution is 0.169. The Bertz CT molecular complexity index is 915. The lowest BCUT2D eigenvalue weighted by Crippen LogP contribution is -2.24. The van der Waals surface area contributed by atoms with E-state index in [0.29, 0.717) is 13.2 Å². The molecule has 0 aliphatic carbocycles. The van der Waals surface area contributed by atoms with Gasteiger partial charge in [-0.1, -0.05) is 29.5 Å². The summed E-state index contributed by atoms with van der Waals surface area (Å²) < 4.78 is 11.7. The SMILES string of the molecule is c1ccc(-c2nnc(N3CCC[C@@H]3c3cccc4c3OCCO4)s2)nc1. The predicted octanol–water partition coefficient (Wildman–Crippen LogP) is 3.71. The van der Waals surface area contributed by atoms with E-state index in [1.165, 1.54) is 5.56 Å². The van der Waals surface area contributed by atoms with Gasteiger partial charge in [0.15, 0.2) is 16.5 Å². The molecule has 3 aromatic rings. The van der Waals surface area contributed by atoms with Crippen molar-refractivity contribution in [3.63, 3.8) is 0 Å². The van der Waals surface area contributed by atoms with E-state index in [1.807, 2.05) is 30.3 Å². The van der Waals surface area contributed by atoms with Crippen molar-refractivity contribution in [3.05, 3.63) is 48.2 Å². The van der Waals surface area contributed by atoms with Gasteiger partial charge in [-0.2, -0.15) is 0 Å². The smallest absolute Gasteiger partial charge is 0.209 e. The molecule has 26 heavy (non-hydrogen) atoms. The maximum absolute atomic E-state index is 5.93. The van der Waals surface area contributed by atoms with E-state index in [1.54, 1.807) is 17.5 Å². The molecule has 2 aliphatic rings. The van der Waals surface area contributed by atoms with Gasteiger partial charge in [0, 0.05) is 18.3 Å². The summed E-state index contributed by atoms with van der Waals surface area (Å²) >= 11 is 1.59. The topological polar surface area (TPSA) is 60.4 Å². The van der Waals surface area contributed by atoms with Crippen LogP contribution < -0.4 is 14.4 Å². The summed E-state index contributed by atoms with van der Waals surface area (Å²) in [6.45, 7) is 2.17. The molecule has 0 unspecified atom stereocenters. The molecule has 2 aromatic heterocycles. The average Bonchev–Trinajstić information content (AvgIpc) is 3.37. The highest BCUT2D eigenvalue weighted by molar-refractivity contribution is 7.18. The van der Waals surface area contributed by atoms with Crippen LogP contribution in [0.15, 0.2) is 42.6 Å². The molecular formula is C19H18N4O2S. The summed E-state index contributed by atoms with van der Waals surface area (Å²) in [7, 11) is 0. The van der Waals surface area contributed by atoms with E-state index in [4.69, 9.17) is 9.47 Å². The van der Waals surface area contributed by atoms with Crippen molar-refractivity contribution < 1.29 is 9.47 Å². The van der Waals surface area contributed by atoms with Crippen LogP contribution in [0.1, 0.15) is 24.4 Å². The first kappa shape index (κ1) is 15.6.